The predicted octanol–water partition coefficient (Wildman–Crippen LogP) is 0.726. The molecule has 50 valence electrons. The molecule has 1 aliphatic rings. The van der Waals surface area contributed by atoms with Crippen LogP contribution in [0.3, 0.4) is 0 Å². The molecular weight excluding hydrogens is 137 g/mol. The normalized spacial score (nSPS) is 28.0. The maximum Gasteiger partial charge on any atom is 0.541 e. The van der Waals surface area contributed by atoms with Crippen molar-refractivity contribution < 1.29 is 9.46 Å². The molecule has 0 heterocycles. The lowest BCUT2D eigenvalue weighted by atomic mass is 10.3. The summed E-state index contributed by atoms with van der Waals surface area (Å²) >= 11 is 0. The second-order valence-corrected chi connectivity index (χ2v) is 3.29. The lowest BCUT2D eigenvalue weighted by molar-refractivity contribution is 0.508. The highest BCUT2D eigenvalue weighted by molar-refractivity contribution is 7.43. The monoisotopic (exact) mass is 146 g/mol. The molecule has 0 radical (unpaired) electrons. The van der Waals surface area contributed by atoms with E-state index >= 15 is 0 Å². The summed E-state index contributed by atoms with van der Waals surface area (Å²) in [5.74, 6) is 0. The van der Waals surface area contributed by atoms with Gasteiger partial charge in [0.15, 0.2) is 5.31 Å². The van der Waals surface area contributed by atoms with E-state index in [1.165, 1.54) is 0 Å². The first-order valence-corrected chi connectivity index (χ1v) is 4.02. The SMILES string of the molecule is NC1CC=C([P+](=O)O)C1. The van der Waals surface area contributed by atoms with Crippen molar-refractivity contribution in [3.05, 3.63) is 11.4 Å². The van der Waals surface area contributed by atoms with Gasteiger partial charge in [0, 0.05) is 12.5 Å². The van der Waals surface area contributed by atoms with Crippen molar-refractivity contribution in [3.8, 4) is 0 Å². The highest BCUT2D eigenvalue weighted by atomic mass is 31.1. The van der Waals surface area contributed by atoms with Gasteiger partial charge in [-0.3, -0.25) is 0 Å². The van der Waals surface area contributed by atoms with E-state index in [0.717, 1.165) is 6.42 Å². The number of hydrogen-bond donors (Lipinski definition) is 2. The molecule has 2 atom stereocenters. The van der Waals surface area contributed by atoms with Crippen LogP contribution < -0.4 is 5.73 Å². The third-order valence-electron chi connectivity index (χ3n) is 1.37. The third kappa shape index (κ3) is 1.58. The Hall–Kier alpha value is -0.240. The first kappa shape index (κ1) is 6.87. The molecule has 0 aromatic heterocycles. The largest absolute Gasteiger partial charge is 0.541 e. The third-order valence-corrected chi connectivity index (χ3v) is 2.23. The zero-order valence-electron chi connectivity index (χ0n) is 4.95. The Labute approximate surface area is 54.4 Å². The van der Waals surface area contributed by atoms with Crippen LogP contribution >= 0.6 is 8.03 Å². The molecule has 3 nitrogen and oxygen atoms in total. The fourth-order valence-electron chi connectivity index (χ4n) is 0.879. The summed E-state index contributed by atoms with van der Waals surface area (Å²) in [5.41, 5.74) is 5.47. The summed E-state index contributed by atoms with van der Waals surface area (Å²) in [6.45, 7) is 0. The van der Waals surface area contributed by atoms with E-state index in [2.05, 4.69) is 0 Å². The van der Waals surface area contributed by atoms with Gasteiger partial charge in [-0.2, -0.15) is 4.89 Å². The standard InChI is InChI=1S/C5H8NO2P/c6-4-1-2-5(3-4)9(7)8/h2,4H,1,3,6H2/p+1. The number of hydrogen-bond acceptors (Lipinski definition) is 2. The molecule has 0 aliphatic heterocycles. The van der Waals surface area contributed by atoms with Gasteiger partial charge in [-0.1, -0.05) is 0 Å². The van der Waals surface area contributed by atoms with Crippen LogP contribution in [-0.4, -0.2) is 10.9 Å². The van der Waals surface area contributed by atoms with E-state index in [0.29, 0.717) is 11.7 Å². The average molecular weight is 146 g/mol. The summed E-state index contributed by atoms with van der Waals surface area (Å²) in [6.07, 6.45) is 3.09. The van der Waals surface area contributed by atoms with Crippen molar-refractivity contribution in [1.82, 2.24) is 0 Å². The second kappa shape index (κ2) is 2.56. The summed E-state index contributed by atoms with van der Waals surface area (Å²) in [4.78, 5) is 8.56. The molecule has 0 spiro atoms. The van der Waals surface area contributed by atoms with Gasteiger partial charge in [0.1, 0.15) is 0 Å². The van der Waals surface area contributed by atoms with Gasteiger partial charge >= 0.3 is 8.03 Å². The smallest absolute Gasteiger partial charge is 0.327 e. The van der Waals surface area contributed by atoms with Crippen LogP contribution in [0.4, 0.5) is 0 Å². The van der Waals surface area contributed by atoms with E-state index in [-0.39, 0.29) is 6.04 Å². The second-order valence-electron chi connectivity index (χ2n) is 2.17. The Morgan fingerprint density at radius 3 is 2.78 bits per heavy atom. The van der Waals surface area contributed by atoms with Gasteiger partial charge in [-0.05, 0) is 17.1 Å². The van der Waals surface area contributed by atoms with Crippen molar-refractivity contribution in [3.63, 3.8) is 0 Å². The Bertz CT molecular complexity index is 166. The fraction of sp³-hybridized carbons (Fsp3) is 0.600. The zero-order valence-corrected chi connectivity index (χ0v) is 5.84. The van der Waals surface area contributed by atoms with Crippen molar-refractivity contribution in [2.45, 2.75) is 18.9 Å². The molecule has 2 unspecified atom stereocenters. The summed E-state index contributed by atoms with van der Waals surface area (Å²) in [6, 6.07) is 0.0751. The van der Waals surface area contributed by atoms with Crippen LogP contribution in [0, 0.1) is 0 Å². The summed E-state index contributed by atoms with van der Waals surface area (Å²) in [7, 11) is -2.10. The van der Waals surface area contributed by atoms with Crippen molar-refractivity contribution in [2.24, 2.45) is 5.73 Å². The minimum Gasteiger partial charge on any atom is -0.327 e. The highest BCUT2D eigenvalue weighted by Crippen LogP contribution is 2.35. The molecule has 0 aromatic carbocycles. The van der Waals surface area contributed by atoms with Crippen LogP contribution in [0.2, 0.25) is 0 Å². The van der Waals surface area contributed by atoms with E-state index in [1.807, 2.05) is 0 Å². The minimum absolute atomic E-state index is 0.0751. The van der Waals surface area contributed by atoms with Gasteiger partial charge in [0.05, 0.1) is 0 Å². The molecule has 0 amide bonds. The van der Waals surface area contributed by atoms with Crippen LogP contribution in [0.5, 0.6) is 0 Å². The molecule has 0 aromatic rings. The predicted molar refractivity (Wildman–Crippen MR) is 35.1 cm³/mol. The Morgan fingerprint density at radius 1 is 1.89 bits per heavy atom. The topological polar surface area (TPSA) is 63.3 Å². The van der Waals surface area contributed by atoms with Gasteiger partial charge in [-0.25, -0.2) is 0 Å². The van der Waals surface area contributed by atoms with Gasteiger partial charge < -0.3 is 5.73 Å². The molecule has 0 saturated carbocycles. The maximum absolute atomic E-state index is 10.4. The van der Waals surface area contributed by atoms with Crippen LogP contribution in [0.25, 0.3) is 0 Å². The molecule has 0 fully saturated rings. The number of rotatable bonds is 1. The molecule has 4 heteroatoms. The zero-order chi connectivity index (χ0) is 6.85. The van der Waals surface area contributed by atoms with Crippen molar-refractivity contribution >= 4 is 8.03 Å². The highest BCUT2D eigenvalue weighted by Gasteiger charge is 2.27. The van der Waals surface area contributed by atoms with Crippen LogP contribution in [0.1, 0.15) is 12.8 Å². The maximum atomic E-state index is 10.4. The van der Waals surface area contributed by atoms with Crippen molar-refractivity contribution in [2.75, 3.05) is 0 Å². The van der Waals surface area contributed by atoms with Gasteiger partial charge in [0.2, 0.25) is 0 Å². The lowest BCUT2D eigenvalue weighted by Crippen LogP contribution is -2.14. The van der Waals surface area contributed by atoms with Crippen LogP contribution in [-0.2, 0) is 4.57 Å². The Kier molecular flexibility index (Phi) is 1.96. The minimum atomic E-state index is -2.10. The van der Waals surface area contributed by atoms with E-state index in [4.69, 9.17) is 10.6 Å². The van der Waals surface area contributed by atoms with Crippen LogP contribution in [0.15, 0.2) is 11.4 Å². The van der Waals surface area contributed by atoms with Crippen molar-refractivity contribution in [1.29, 1.82) is 0 Å². The first-order valence-electron chi connectivity index (χ1n) is 2.81. The van der Waals surface area contributed by atoms with E-state index < -0.39 is 8.03 Å². The molecule has 3 N–H and O–H groups in total. The first-order chi connectivity index (χ1) is 4.20. The fourth-order valence-corrected chi connectivity index (χ4v) is 1.53. The Balaban J connectivity index is 2.55. The lowest BCUT2D eigenvalue weighted by Gasteiger charge is -1.93. The molecule has 1 aliphatic carbocycles. The van der Waals surface area contributed by atoms with E-state index in [9.17, 15) is 4.57 Å². The quantitative estimate of drug-likeness (QED) is 0.536. The molecule has 0 bridgehead atoms. The molecule has 9 heavy (non-hydrogen) atoms. The number of nitrogens with two attached hydrogens (primary N) is 1. The van der Waals surface area contributed by atoms with Gasteiger partial charge in [-0.15, -0.1) is 0 Å². The Morgan fingerprint density at radius 2 is 2.56 bits per heavy atom. The summed E-state index contributed by atoms with van der Waals surface area (Å²) in [5, 5.41) is 0.609. The van der Waals surface area contributed by atoms with E-state index in [1.54, 1.807) is 6.08 Å². The summed E-state index contributed by atoms with van der Waals surface area (Å²) < 4.78 is 10.4. The molecular formula is C5H9NO2P+. The molecule has 0 saturated heterocycles. The van der Waals surface area contributed by atoms with Gasteiger partial charge in [0.25, 0.3) is 0 Å². The molecule has 1 rings (SSSR count). The average Bonchev–Trinajstić information content (AvgIpc) is 2.14.